The zero-order valence-corrected chi connectivity index (χ0v) is 23.2. The van der Waals surface area contributed by atoms with Crippen molar-refractivity contribution in [3.8, 4) is 5.75 Å². The fourth-order valence-electron chi connectivity index (χ4n) is 3.91. The first kappa shape index (κ1) is 28.6. The maximum absolute atomic E-state index is 13.8. The molecular weight excluding hydrogens is 519 g/mol. The number of nitrogens with zero attached hydrogens (tertiary/aromatic N) is 5. The van der Waals surface area contributed by atoms with Crippen molar-refractivity contribution in [2.45, 2.75) is 45.6 Å². The summed E-state index contributed by atoms with van der Waals surface area (Å²) in [7, 11) is -3.77. The van der Waals surface area contributed by atoms with Gasteiger partial charge in [0.05, 0.1) is 37.7 Å². The SMILES string of the molecule is C[C@H](Cn1cnc2c(N)ncnc21)OCNP(N)(=O)N(Oc1ccccc1)C(C)(C)COCc1ccccc1. The van der Waals surface area contributed by atoms with Crippen LogP contribution in [0.15, 0.2) is 73.3 Å². The molecule has 208 valence electrons. The van der Waals surface area contributed by atoms with Gasteiger partial charge in [0.25, 0.3) is 0 Å². The highest BCUT2D eigenvalue weighted by atomic mass is 31.2. The van der Waals surface area contributed by atoms with Gasteiger partial charge in [-0.05, 0) is 38.5 Å². The van der Waals surface area contributed by atoms with E-state index in [-0.39, 0.29) is 19.4 Å². The van der Waals surface area contributed by atoms with E-state index in [0.717, 1.165) is 5.56 Å². The van der Waals surface area contributed by atoms with Crippen LogP contribution in [0.4, 0.5) is 5.82 Å². The number of anilines is 1. The zero-order valence-electron chi connectivity index (χ0n) is 22.3. The van der Waals surface area contributed by atoms with Crippen molar-refractivity contribution in [2.75, 3.05) is 19.1 Å². The van der Waals surface area contributed by atoms with Crippen molar-refractivity contribution >= 4 is 24.6 Å². The first-order valence-corrected chi connectivity index (χ1v) is 14.2. The molecule has 0 saturated heterocycles. The van der Waals surface area contributed by atoms with E-state index < -0.39 is 13.1 Å². The Morgan fingerprint density at radius 3 is 2.49 bits per heavy atom. The summed E-state index contributed by atoms with van der Waals surface area (Å²) >= 11 is 0. The van der Waals surface area contributed by atoms with Gasteiger partial charge in [-0.2, -0.15) is 0 Å². The van der Waals surface area contributed by atoms with E-state index in [2.05, 4.69) is 20.0 Å². The lowest BCUT2D eigenvalue weighted by molar-refractivity contribution is -0.0889. The van der Waals surface area contributed by atoms with Crippen LogP contribution in [-0.2, 0) is 27.2 Å². The summed E-state index contributed by atoms with van der Waals surface area (Å²) in [6.07, 6.45) is 2.72. The Kier molecular flexibility index (Phi) is 9.28. The molecule has 0 bridgehead atoms. The quantitative estimate of drug-likeness (QED) is 0.119. The van der Waals surface area contributed by atoms with E-state index in [1.165, 1.54) is 11.2 Å². The first-order valence-electron chi connectivity index (χ1n) is 12.5. The maximum atomic E-state index is 13.8. The summed E-state index contributed by atoms with van der Waals surface area (Å²) in [5.41, 5.74) is 13.5. The predicted molar refractivity (Wildman–Crippen MR) is 149 cm³/mol. The van der Waals surface area contributed by atoms with E-state index in [9.17, 15) is 4.57 Å². The molecule has 5 N–H and O–H groups in total. The smallest absolute Gasteiger partial charge is 0.313 e. The van der Waals surface area contributed by atoms with Gasteiger partial charge in [0.1, 0.15) is 24.3 Å². The van der Waals surface area contributed by atoms with Gasteiger partial charge in [-0.3, -0.25) is 10.1 Å². The monoisotopic (exact) mass is 554 g/mol. The number of aromatic nitrogens is 4. The lowest BCUT2D eigenvalue weighted by Gasteiger charge is -2.39. The lowest BCUT2D eigenvalue weighted by atomic mass is 10.1. The van der Waals surface area contributed by atoms with Gasteiger partial charge in [-0.1, -0.05) is 53.4 Å². The average molecular weight is 555 g/mol. The van der Waals surface area contributed by atoms with Crippen LogP contribution >= 0.6 is 7.59 Å². The Labute approximate surface area is 227 Å². The number of hydrogen-bond donors (Lipinski definition) is 3. The highest BCUT2D eigenvalue weighted by molar-refractivity contribution is 7.56. The minimum atomic E-state index is -3.77. The van der Waals surface area contributed by atoms with Crippen LogP contribution in [0.3, 0.4) is 0 Å². The zero-order chi connectivity index (χ0) is 27.9. The molecule has 4 aromatic rings. The number of imidazole rings is 1. The molecule has 2 atom stereocenters. The number of hydroxylamine groups is 1. The molecule has 0 aliphatic carbocycles. The molecule has 0 fully saturated rings. The molecule has 2 heterocycles. The lowest BCUT2D eigenvalue weighted by Crippen LogP contribution is -2.51. The second-order valence-electron chi connectivity index (χ2n) is 9.70. The normalized spacial score (nSPS) is 14.4. The van der Waals surface area contributed by atoms with Crippen LogP contribution in [0, 0.1) is 0 Å². The van der Waals surface area contributed by atoms with Crippen molar-refractivity contribution in [1.29, 1.82) is 0 Å². The summed E-state index contributed by atoms with van der Waals surface area (Å²) in [5.74, 6) is 0.801. The third kappa shape index (κ3) is 7.60. The topological polar surface area (TPSA) is 156 Å². The third-order valence-corrected chi connectivity index (χ3v) is 7.58. The molecular formula is C26H35N8O4P. The van der Waals surface area contributed by atoms with Crippen molar-refractivity contribution in [3.05, 3.63) is 78.9 Å². The number of hydrogen-bond acceptors (Lipinski definition) is 8. The van der Waals surface area contributed by atoms with Gasteiger partial charge in [0, 0.05) is 0 Å². The molecule has 0 aliphatic heterocycles. The van der Waals surface area contributed by atoms with E-state index in [1.807, 2.05) is 73.9 Å². The van der Waals surface area contributed by atoms with Gasteiger partial charge in [0.2, 0.25) is 0 Å². The Hall–Kier alpha value is -3.38. The van der Waals surface area contributed by atoms with Crippen LogP contribution in [0.1, 0.15) is 26.3 Å². The largest absolute Gasteiger partial charge is 0.397 e. The minimum absolute atomic E-state index is 0.0890. The van der Waals surface area contributed by atoms with Crippen LogP contribution in [0.2, 0.25) is 0 Å². The molecule has 0 aliphatic rings. The molecule has 13 heteroatoms. The Morgan fingerprint density at radius 2 is 1.77 bits per heavy atom. The highest BCUT2D eigenvalue weighted by Gasteiger charge is 2.41. The Morgan fingerprint density at radius 1 is 1.08 bits per heavy atom. The van der Waals surface area contributed by atoms with E-state index in [4.69, 9.17) is 25.5 Å². The second-order valence-corrected chi connectivity index (χ2v) is 11.6. The van der Waals surface area contributed by atoms with Crippen molar-refractivity contribution < 1.29 is 18.9 Å². The highest BCUT2D eigenvalue weighted by Crippen LogP contribution is 2.43. The van der Waals surface area contributed by atoms with Crippen molar-refractivity contribution in [1.82, 2.24) is 29.4 Å². The number of fused-ring (bicyclic) bond motifs is 1. The van der Waals surface area contributed by atoms with Crippen LogP contribution < -0.4 is 21.2 Å². The molecule has 12 nitrogen and oxygen atoms in total. The molecule has 0 spiro atoms. The van der Waals surface area contributed by atoms with E-state index in [0.29, 0.717) is 35.9 Å². The van der Waals surface area contributed by atoms with Crippen molar-refractivity contribution in [3.63, 3.8) is 0 Å². The summed E-state index contributed by atoms with van der Waals surface area (Å²) < 4.78 is 27.5. The number of benzene rings is 2. The molecule has 2 aromatic carbocycles. The van der Waals surface area contributed by atoms with Gasteiger partial charge >= 0.3 is 7.59 Å². The number of ether oxygens (including phenoxy) is 2. The van der Waals surface area contributed by atoms with Crippen molar-refractivity contribution in [2.24, 2.45) is 5.50 Å². The van der Waals surface area contributed by atoms with Crippen LogP contribution in [-0.4, -0.2) is 49.3 Å². The molecule has 0 radical (unpaired) electrons. The fourth-order valence-corrected chi connectivity index (χ4v) is 5.38. The summed E-state index contributed by atoms with van der Waals surface area (Å²) in [5, 5.41) is 2.84. The number of nitrogens with two attached hydrogens (primary N) is 2. The average Bonchev–Trinajstić information content (AvgIpc) is 3.32. The van der Waals surface area contributed by atoms with Crippen LogP contribution in [0.25, 0.3) is 11.2 Å². The molecule has 39 heavy (non-hydrogen) atoms. The first-order chi connectivity index (χ1) is 18.7. The Balaban J connectivity index is 1.39. The molecule has 0 saturated carbocycles. The predicted octanol–water partition coefficient (Wildman–Crippen LogP) is 3.72. The molecule has 1 unspecified atom stereocenters. The second kappa shape index (κ2) is 12.6. The standard InChI is InChI=1S/C26H35N8O4P/c1-20(14-33-18-31-23-24(27)29-17-30-25(23)33)37-19-32-39(28,35)34(38-22-12-8-5-9-13-22)26(2,3)16-36-15-21-10-6-4-7-11-21/h4-13,17-18,20H,14-16,19H2,1-3H3,(H2,27,29,30)(H3,28,32,35)/t20-,39?/m1/s1. The maximum Gasteiger partial charge on any atom is 0.313 e. The fraction of sp³-hybridized carbons (Fsp3) is 0.346. The van der Waals surface area contributed by atoms with E-state index in [1.54, 1.807) is 18.5 Å². The number of nitrogens with one attached hydrogen (secondary N) is 1. The number of para-hydroxylation sites is 1. The van der Waals surface area contributed by atoms with Gasteiger partial charge in [-0.15, -0.1) is 0 Å². The molecule has 2 aromatic heterocycles. The van der Waals surface area contributed by atoms with Gasteiger partial charge in [0.15, 0.2) is 11.5 Å². The Bertz CT molecular complexity index is 1390. The van der Waals surface area contributed by atoms with Gasteiger partial charge < -0.3 is 24.6 Å². The van der Waals surface area contributed by atoms with E-state index >= 15 is 0 Å². The third-order valence-electron chi connectivity index (χ3n) is 5.83. The summed E-state index contributed by atoms with van der Waals surface area (Å²) in [4.78, 5) is 19.8. The summed E-state index contributed by atoms with van der Waals surface area (Å²) in [6, 6.07) is 18.8. The molecule has 0 amide bonds. The minimum Gasteiger partial charge on any atom is -0.397 e. The summed E-state index contributed by atoms with van der Waals surface area (Å²) in [6.45, 7) is 6.52. The van der Waals surface area contributed by atoms with Gasteiger partial charge in [-0.25, -0.2) is 20.0 Å². The number of rotatable bonds is 14. The molecule has 4 rings (SSSR count). The van der Waals surface area contributed by atoms with Crippen LogP contribution in [0.5, 0.6) is 5.75 Å². The number of nitrogen functional groups attached to an aromatic ring is 1.